The largest absolute Gasteiger partial charge is 0.462 e. The normalized spacial score (nSPS) is 14.7. The van der Waals surface area contributed by atoms with Crippen molar-refractivity contribution in [3.63, 3.8) is 0 Å². The van der Waals surface area contributed by atoms with Crippen LogP contribution in [0.2, 0.25) is 0 Å². The summed E-state index contributed by atoms with van der Waals surface area (Å²) in [5.74, 6) is -3.43. The molecule has 0 aromatic rings. The highest BCUT2D eigenvalue weighted by atomic mass is 31.2. The van der Waals surface area contributed by atoms with E-state index >= 15 is 0 Å². The predicted octanol–water partition coefficient (Wildman–Crippen LogP) is 9.83. The van der Waals surface area contributed by atoms with Gasteiger partial charge in [0.25, 0.3) is 0 Å². The fraction of sp³-hybridized carbons (Fsp3) is 0.900. The maximum Gasteiger partial charge on any atom is 0.360 e. The second kappa shape index (κ2) is 35.7. The topological polar surface area (TPSA) is 160 Å². The van der Waals surface area contributed by atoms with Gasteiger partial charge in [-0.1, -0.05) is 154 Å². The van der Waals surface area contributed by atoms with Crippen molar-refractivity contribution in [1.29, 1.82) is 0 Å². The number of carbonyl (C=O) groups is 2. The van der Waals surface area contributed by atoms with Crippen LogP contribution in [0.25, 0.3) is 0 Å². The van der Waals surface area contributed by atoms with Gasteiger partial charge in [0.05, 0.1) is 13.2 Å². The molecule has 0 fully saturated rings. The van der Waals surface area contributed by atoms with E-state index < -0.39 is 57.4 Å². The molecule has 302 valence electrons. The van der Waals surface area contributed by atoms with E-state index in [2.05, 4.69) is 26.0 Å². The molecular formula is C40H77O10P. The molecule has 0 aromatic carbocycles. The molecule has 0 aliphatic rings. The first-order chi connectivity index (χ1) is 24.7. The van der Waals surface area contributed by atoms with E-state index in [1.165, 1.54) is 96.3 Å². The molecule has 0 aliphatic carbocycles. The van der Waals surface area contributed by atoms with Crippen LogP contribution < -0.4 is 0 Å². The van der Waals surface area contributed by atoms with Gasteiger partial charge < -0.3 is 34.2 Å². The Morgan fingerprint density at radius 3 is 1.41 bits per heavy atom. The zero-order valence-corrected chi connectivity index (χ0v) is 33.4. The van der Waals surface area contributed by atoms with Gasteiger partial charge in [-0.25, -0.2) is 0 Å². The van der Waals surface area contributed by atoms with Crippen LogP contribution in [0.1, 0.15) is 194 Å². The number of unbranched alkanes of at least 4 members (excludes halogenated alkanes) is 23. The monoisotopic (exact) mass is 749 g/mol. The number of aliphatic hydroxyl groups excluding tert-OH is 3. The van der Waals surface area contributed by atoms with Crippen molar-refractivity contribution in [2.45, 2.75) is 212 Å². The Labute approximate surface area is 311 Å². The van der Waals surface area contributed by atoms with Gasteiger partial charge in [-0.3, -0.25) is 14.2 Å². The predicted molar refractivity (Wildman–Crippen MR) is 205 cm³/mol. The van der Waals surface area contributed by atoms with Crippen molar-refractivity contribution in [1.82, 2.24) is 0 Å². The van der Waals surface area contributed by atoms with E-state index in [-0.39, 0.29) is 12.8 Å². The standard InChI is InChI=1S/C40H77O10P/c1-3-5-7-9-11-13-15-17-18-20-22-24-26-28-30-32-39(44)50-37(40(45)51(46,47)49-34-36(42)33-41)35-48-38(43)31-29-27-25-23-21-19-16-14-12-10-8-6-4-2/h17-18,36-37,40-42,45H,3-16,19-35H2,1-2H3,(H,46,47)/b18-17-/t36-,37-,40?/m1/s1. The van der Waals surface area contributed by atoms with E-state index in [4.69, 9.17) is 19.1 Å². The minimum atomic E-state index is -4.83. The van der Waals surface area contributed by atoms with Gasteiger partial charge in [-0.2, -0.15) is 0 Å². The van der Waals surface area contributed by atoms with Crippen LogP contribution in [-0.2, 0) is 28.2 Å². The summed E-state index contributed by atoms with van der Waals surface area (Å²) in [7, 11) is -4.83. The lowest BCUT2D eigenvalue weighted by molar-refractivity contribution is -0.163. The third-order valence-electron chi connectivity index (χ3n) is 9.15. The smallest absolute Gasteiger partial charge is 0.360 e. The van der Waals surface area contributed by atoms with Crippen molar-refractivity contribution >= 4 is 19.5 Å². The van der Waals surface area contributed by atoms with Crippen LogP contribution in [0.3, 0.4) is 0 Å². The highest BCUT2D eigenvalue weighted by molar-refractivity contribution is 7.53. The molecule has 11 heteroatoms. The first-order valence-electron chi connectivity index (χ1n) is 20.6. The Kier molecular flexibility index (Phi) is 34.8. The maximum absolute atomic E-state index is 12.7. The zero-order chi connectivity index (χ0) is 37.8. The van der Waals surface area contributed by atoms with E-state index in [1.54, 1.807) is 0 Å². The zero-order valence-electron chi connectivity index (χ0n) is 32.5. The highest BCUT2D eigenvalue weighted by Crippen LogP contribution is 2.48. The van der Waals surface area contributed by atoms with Gasteiger partial charge in [-0.15, -0.1) is 0 Å². The van der Waals surface area contributed by atoms with Gasteiger partial charge in [0.1, 0.15) is 12.7 Å². The summed E-state index contributed by atoms with van der Waals surface area (Å²) in [6.45, 7) is 2.44. The van der Waals surface area contributed by atoms with Crippen LogP contribution in [-0.4, -0.2) is 70.0 Å². The van der Waals surface area contributed by atoms with E-state index in [1.807, 2.05) is 0 Å². The van der Waals surface area contributed by atoms with Crippen molar-refractivity contribution in [3.05, 3.63) is 12.2 Å². The van der Waals surface area contributed by atoms with E-state index in [0.717, 1.165) is 57.8 Å². The lowest BCUT2D eigenvalue weighted by atomic mass is 10.0. The summed E-state index contributed by atoms with van der Waals surface area (Å²) in [5.41, 5.74) is 0. The summed E-state index contributed by atoms with van der Waals surface area (Å²) in [6.07, 6.45) is 31.5. The third-order valence-corrected chi connectivity index (χ3v) is 10.7. The summed E-state index contributed by atoms with van der Waals surface area (Å²) >= 11 is 0. The molecule has 2 unspecified atom stereocenters. The number of allylic oxidation sites excluding steroid dienone is 2. The summed E-state index contributed by atoms with van der Waals surface area (Å²) in [4.78, 5) is 35.3. The van der Waals surface area contributed by atoms with Gasteiger partial charge >= 0.3 is 19.5 Å². The van der Waals surface area contributed by atoms with Crippen molar-refractivity contribution < 1.29 is 48.4 Å². The summed E-state index contributed by atoms with van der Waals surface area (Å²) in [5, 5.41) is 29.1. The third kappa shape index (κ3) is 31.9. The minimum absolute atomic E-state index is 0.0497. The van der Waals surface area contributed by atoms with Crippen LogP contribution >= 0.6 is 7.60 Å². The van der Waals surface area contributed by atoms with Gasteiger partial charge in [0.2, 0.25) is 0 Å². The van der Waals surface area contributed by atoms with Crippen molar-refractivity contribution in [2.24, 2.45) is 0 Å². The molecule has 0 radical (unpaired) electrons. The Hall–Kier alpha value is -1.29. The molecule has 0 amide bonds. The fourth-order valence-electron chi connectivity index (χ4n) is 5.82. The number of rotatable bonds is 38. The second-order valence-electron chi connectivity index (χ2n) is 14.1. The first-order valence-corrected chi connectivity index (χ1v) is 22.3. The van der Waals surface area contributed by atoms with Gasteiger partial charge in [-0.05, 0) is 38.5 Å². The number of ether oxygens (including phenoxy) is 2. The Morgan fingerprint density at radius 1 is 0.588 bits per heavy atom. The molecule has 0 spiro atoms. The van der Waals surface area contributed by atoms with E-state index in [9.17, 15) is 29.3 Å². The Bertz CT molecular complexity index is 883. The summed E-state index contributed by atoms with van der Waals surface area (Å²) < 4.78 is 28.0. The average molecular weight is 749 g/mol. The second-order valence-corrected chi connectivity index (χ2v) is 16.1. The molecule has 0 aliphatic heterocycles. The van der Waals surface area contributed by atoms with E-state index in [0.29, 0.717) is 12.8 Å². The first kappa shape index (κ1) is 49.7. The number of hydrogen-bond acceptors (Lipinski definition) is 9. The van der Waals surface area contributed by atoms with Gasteiger partial charge in [0, 0.05) is 12.8 Å². The van der Waals surface area contributed by atoms with Crippen LogP contribution in [0.5, 0.6) is 0 Å². The molecular weight excluding hydrogens is 671 g/mol. The fourth-order valence-corrected chi connectivity index (χ4v) is 6.92. The highest BCUT2D eigenvalue weighted by Gasteiger charge is 2.41. The molecule has 0 heterocycles. The van der Waals surface area contributed by atoms with Crippen molar-refractivity contribution in [2.75, 3.05) is 19.8 Å². The molecule has 0 rings (SSSR count). The SMILES string of the molecule is CCCCCCCC/C=C\CCCCCCCC(=O)O[C@H](COC(=O)CCCCCCCCCCCCCCC)C(O)P(=O)(O)OC[C@H](O)CO. The minimum Gasteiger partial charge on any atom is -0.462 e. The number of esters is 2. The van der Waals surface area contributed by atoms with Crippen molar-refractivity contribution in [3.8, 4) is 0 Å². The lowest BCUT2D eigenvalue weighted by Gasteiger charge is -2.26. The maximum atomic E-state index is 12.7. The van der Waals surface area contributed by atoms with Crippen LogP contribution in [0.15, 0.2) is 12.2 Å². The molecule has 0 saturated carbocycles. The quantitative estimate of drug-likeness (QED) is 0.0207. The molecule has 10 nitrogen and oxygen atoms in total. The number of carbonyl (C=O) groups excluding carboxylic acids is 2. The summed E-state index contributed by atoms with van der Waals surface area (Å²) in [6, 6.07) is 0. The number of aliphatic hydroxyl groups is 3. The molecule has 4 N–H and O–H groups in total. The Balaban J connectivity index is 4.44. The molecule has 0 saturated heterocycles. The molecule has 51 heavy (non-hydrogen) atoms. The van der Waals surface area contributed by atoms with Crippen LogP contribution in [0.4, 0.5) is 0 Å². The molecule has 0 aromatic heterocycles. The number of hydrogen-bond donors (Lipinski definition) is 4. The Morgan fingerprint density at radius 2 is 0.980 bits per heavy atom. The molecule has 4 atom stereocenters. The van der Waals surface area contributed by atoms with Gasteiger partial charge in [0.15, 0.2) is 11.9 Å². The molecule has 0 bridgehead atoms. The van der Waals surface area contributed by atoms with Crippen LogP contribution in [0, 0.1) is 0 Å². The lowest BCUT2D eigenvalue weighted by Crippen LogP contribution is -2.37. The average Bonchev–Trinajstić information content (AvgIpc) is 3.12.